The quantitative estimate of drug-likeness (QED) is 0.716. The van der Waals surface area contributed by atoms with Crippen molar-refractivity contribution in [3.63, 3.8) is 0 Å². The normalized spacial score (nSPS) is 19.5. The number of amides is 1. The van der Waals surface area contributed by atoms with Gasteiger partial charge in [0.15, 0.2) is 0 Å². The Balaban J connectivity index is 1.77. The van der Waals surface area contributed by atoms with Crippen molar-refractivity contribution in [2.75, 3.05) is 13.7 Å². The fraction of sp³-hybridized carbons (Fsp3) is 0.409. The number of likely N-dealkylation sites (tertiary alicyclic amines) is 1. The Hall–Kier alpha value is -2.25. The van der Waals surface area contributed by atoms with Crippen molar-refractivity contribution in [3.8, 4) is 11.5 Å². The van der Waals surface area contributed by atoms with Crippen molar-refractivity contribution in [2.45, 2.75) is 49.0 Å². The van der Waals surface area contributed by atoms with Gasteiger partial charge in [-0.1, -0.05) is 0 Å². The van der Waals surface area contributed by atoms with E-state index in [0.717, 1.165) is 10.5 Å². The second-order valence-corrected chi connectivity index (χ2v) is 8.91. The molecule has 3 rings (SSSR count). The number of halogens is 1. The predicted molar refractivity (Wildman–Crippen MR) is 113 cm³/mol. The summed E-state index contributed by atoms with van der Waals surface area (Å²) in [6, 6.07) is 11.3. The Morgan fingerprint density at radius 1 is 1.31 bits per heavy atom. The zero-order chi connectivity index (χ0) is 21.0. The lowest BCUT2D eigenvalue weighted by molar-refractivity contribution is -0.126. The molecule has 1 heterocycles. The van der Waals surface area contributed by atoms with Crippen LogP contribution in [0, 0.1) is 5.82 Å². The van der Waals surface area contributed by atoms with Gasteiger partial charge in [0, 0.05) is 34.8 Å². The topological polar surface area (TPSA) is 61.8 Å². The maximum absolute atomic E-state index is 13.2. The van der Waals surface area contributed by atoms with Crippen LogP contribution >= 0.6 is 11.8 Å². The number of nitrogens with one attached hydrogen (secondary N) is 1. The second-order valence-electron chi connectivity index (χ2n) is 7.53. The summed E-state index contributed by atoms with van der Waals surface area (Å²) in [7, 11) is 1.58. The van der Waals surface area contributed by atoms with Crippen molar-refractivity contribution in [1.29, 1.82) is 0 Å². The molecule has 1 fully saturated rings. The van der Waals surface area contributed by atoms with Gasteiger partial charge in [0.1, 0.15) is 17.3 Å². The highest BCUT2D eigenvalue weighted by Crippen LogP contribution is 2.35. The van der Waals surface area contributed by atoms with E-state index in [2.05, 4.69) is 10.2 Å². The molecule has 2 N–H and O–H groups in total. The minimum atomic E-state index is -0.291. The van der Waals surface area contributed by atoms with Crippen molar-refractivity contribution in [1.82, 2.24) is 10.2 Å². The summed E-state index contributed by atoms with van der Waals surface area (Å²) < 4.78 is 18.5. The van der Waals surface area contributed by atoms with Gasteiger partial charge < -0.3 is 15.2 Å². The van der Waals surface area contributed by atoms with E-state index >= 15 is 0 Å². The van der Waals surface area contributed by atoms with E-state index in [0.29, 0.717) is 25.3 Å². The minimum Gasteiger partial charge on any atom is -0.508 e. The first-order valence-corrected chi connectivity index (χ1v) is 10.6. The Kier molecular flexibility index (Phi) is 7.03. The van der Waals surface area contributed by atoms with Gasteiger partial charge in [-0.25, -0.2) is 4.39 Å². The number of phenolic OH excluding ortho intramolecular Hbond substituents is 1. The third-order valence-electron chi connectivity index (χ3n) is 4.88. The van der Waals surface area contributed by atoms with E-state index in [1.165, 1.54) is 12.1 Å². The lowest BCUT2D eigenvalue weighted by Crippen LogP contribution is -2.45. The highest BCUT2D eigenvalue weighted by Gasteiger charge is 2.37. The van der Waals surface area contributed by atoms with Crippen molar-refractivity contribution >= 4 is 17.7 Å². The zero-order valence-electron chi connectivity index (χ0n) is 16.9. The number of carbonyl (C=O) groups is 1. The van der Waals surface area contributed by atoms with E-state index in [4.69, 9.17) is 4.74 Å². The molecular formula is C22H27FN2O3S. The number of methoxy groups -OCH3 is 1. The minimum absolute atomic E-state index is 0.00964. The molecule has 0 aromatic heterocycles. The Morgan fingerprint density at radius 3 is 2.69 bits per heavy atom. The van der Waals surface area contributed by atoms with Crippen molar-refractivity contribution in [2.24, 2.45) is 0 Å². The summed E-state index contributed by atoms with van der Waals surface area (Å²) in [5.74, 6) is 0.579. The van der Waals surface area contributed by atoms with Gasteiger partial charge in [0.2, 0.25) is 5.91 Å². The molecule has 1 aliphatic heterocycles. The molecule has 2 aromatic rings. The third-order valence-corrected chi connectivity index (χ3v) is 6.09. The third kappa shape index (κ3) is 5.64. The average Bonchev–Trinajstić information content (AvgIpc) is 3.07. The van der Waals surface area contributed by atoms with Gasteiger partial charge in [0.25, 0.3) is 0 Å². The van der Waals surface area contributed by atoms with Crippen LogP contribution in [0.1, 0.15) is 25.8 Å². The molecule has 0 aliphatic carbocycles. The number of ether oxygens (including phenoxy) is 1. The molecule has 156 valence electrons. The Labute approximate surface area is 175 Å². The number of thioether (sulfide) groups is 1. The molecule has 0 radical (unpaired) electrons. The first-order valence-electron chi connectivity index (χ1n) is 9.68. The lowest BCUT2D eigenvalue weighted by atomic mass is 10.1. The number of benzene rings is 2. The predicted octanol–water partition coefficient (Wildman–Crippen LogP) is 3.80. The summed E-state index contributed by atoms with van der Waals surface area (Å²) in [4.78, 5) is 15.9. The van der Waals surface area contributed by atoms with Crippen LogP contribution in [0.15, 0.2) is 47.4 Å². The number of carbonyl (C=O) groups excluding carboxylic acids is 1. The van der Waals surface area contributed by atoms with E-state index < -0.39 is 0 Å². The molecule has 2 aromatic carbocycles. The largest absolute Gasteiger partial charge is 0.508 e. The molecule has 5 nitrogen and oxygen atoms in total. The van der Waals surface area contributed by atoms with Gasteiger partial charge in [-0.3, -0.25) is 9.69 Å². The Morgan fingerprint density at radius 2 is 2.03 bits per heavy atom. The van der Waals surface area contributed by atoms with Crippen LogP contribution in [0.5, 0.6) is 11.5 Å². The summed E-state index contributed by atoms with van der Waals surface area (Å²) >= 11 is 1.65. The number of hydrogen-bond acceptors (Lipinski definition) is 5. The van der Waals surface area contributed by atoms with Crippen LogP contribution in [0.2, 0.25) is 0 Å². The summed E-state index contributed by atoms with van der Waals surface area (Å²) in [5, 5.41) is 13.5. The fourth-order valence-electron chi connectivity index (χ4n) is 3.52. The van der Waals surface area contributed by atoms with Crippen LogP contribution in [0.25, 0.3) is 0 Å². The van der Waals surface area contributed by atoms with Crippen LogP contribution < -0.4 is 10.1 Å². The second kappa shape index (κ2) is 9.50. The summed E-state index contributed by atoms with van der Waals surface area (Å²) in [5.41, 5.74) is 0.721. The number of nitrogens with zero attached hydrogens (tertiary/aromatic N) is 1. The maximum atomic E-state index is 13.2. The maximum Gasteiger partial charge on any atom is 0.237 e. The molecule has 1 amide bonds. The Bertz CT molecular complexity index is 844. The van der Waals surface area contributed by atoms with Gasteiger partial charge in [0.05, 0.1) is 13.2 Å². The van der Waals surface area contributed by atoms with Gasteiger partial charge >= 0.3 is 0 Å². The molecule has 0 unspecified atom stereocenters. The summed E-state index contributed by atoms with van der Waals surface area (Å²) in [6.45, 7) is 5.01. The van der Waals surface area contributed by atoms with E-state index in [9.17, 15) is 14.3 Å². The molecule has 29 heavy (non-hydrogen) atoms. The first kappa shape index (κ1) is 21.5. The highest BCUT2D eigenvalue weighted by atomic mass is 32.2. The van der Waals surface area contributed by atoms with E-state index in [1.807, 2.05) is 13.8 Å². The van der Waals surface area contributed by atoms with Crippen LogP contribution in [0.4, 0.5) is 4.39 Å². The summed E-state index contributed by atoms with van der Waals surface area (Å²) in [6.07, 6.45) is 0.686. The van der Waals surface area contributed by atoms with Gasteiger partial charge in [-0.2, -0.15) is 0 Å². The fourth-order valence-corrected chi connectivity index (χ4v) is 4.74. The van der Waals surface area contributed by atoms with Gasteiger partial charge in [-0.05, 0) is 62.7 Å². The molecule has 7 heteroatoms. The number of phenols is 1. The number of aromatic hydroxyl groups is 1. The molecule has 1 saturated heterocycles. The van der Waals surface area contributed by atoms with Crippen molar-refractivity contribution in [3.05, 3.63) is 53.8 Å². The molecule has 0 saturated carbocycles. The smallest absolute Gasteiger partial charge is 0.237 e. The van der Waals surface area contributed by atoms with E-state index in [1.54, 1.807) is 49.2 Å². The highest BCUT2D eigenvalue weighted by molar-refractivity contribution is 8.00. The molecule has 0 spiro atoms. The number of hydrogen-bond donors (Lipinski definition) is 2. The lowest BCUT2D eigenvalue weighted by Gasteiger charge is -2.25. The first-order chi connectivity index (χ1) is 13.9. The SMILES string of the molecule is COc1ccc(O)c(CN2C[C@H](Sc3ccc(F)cc3)C[C@H]2C(=O)NC(C)C)c1. The van der Waals surface area contributed by atoms with Crippen molar-refractivity contribution < 1.29 is 19.0 Å². The molecular weight excluding hydrogens is 391 g/mol. The monoisotopic (exact) mass is 418 g/mol. The molecule has 2 atom stereocenters. The van der Waals surface area contributed by atoms with Gasteiger partial charge in [-0.15, -0.1) is 11.8 Å². The zero-order valence-corrected chi connectivity index (χ0v) is 17.7. The van der Waals surface area contributed by atoms with Crippen LogP contribution in [0.3, 0.4) is 0 Å². The van der Waals surface area contributed by atoms with E-state index in [-0.39, 0.29) is 34.8 Å². The van der Waals surface area contributed by atoms with Crippen LogP contribution in [-0.2, 0) is 11.3 Å². The molecule has 0 bridgehead atoms. The average molecular weight is 419 g/mol. The molecule has 1 aliphatic rings. The van der Waals surface area contributed by atoms with Crippen LogP contribution in [-0.4, -0.2) is 46.9 Å². The standard InChI is InChI=1S/C22H27FN2O3S/c1-14(2)24-22(27)20-11-19(29-18-7-4-16(23)5-8-18)13-25(20)12-15-10-17(28-3)6-9-21(15)26/h4-10,14,19-20,26H,11-13H2,1-3H3,(H,24,27)/t19-,20+/m1/s1. The number of rotatable bonds is 7.